The largest absolute Gasteiger partial charge is 0.383 e. The van der Waals surface area contributed by atoms with E-state index in [-0.39, 0.29) is 5.54 Å². The molecule has 0 aliphatic heterocycles. The van der Waals surface area contributed by atoms with E-state index >= 15 is 0 Å². The molecule has 0 spiro atoms. The van der Waals surface area contributed by atoms with Gasteiger partial charge in [0.25, 0.3) is 0 Å². The molecule has 0 saturated heterocycles. The number of rotatable bonds is 5. The van der Waals surface area contributed by atoms with E-state index < -0.39 is 6.23 Å². The molecule has 1 unspecified atom stereocenters. The lowest BCUT2D eigenvalue weighted by Gasteiger charge is -2.19. The van der Waals surface area contributed by atoms with Crippen molar-refractivity contribution < 1.29 is 5.11 Å². The highest BCUT2D eigenvalue weighted by molar-refractivity contribution is 6.00. The number of hydrogen-bond acceptors (Lipinski definition) is 7. The number of aromatic nitrogens is 7. The zero-order chi connectivity index (χ0) is 23.3. The molecule has 0 aliphatic carbocycles. The summed E-state index contributed by atoms with van der Waals surface area (Å²) in [5, 5.41) is 24.6. The van der Waals surface area contributed by atoms with Crippen LogP contribution in [0.5, 0.6) is 0 Å². The van der Waals surface area contributed by atoms with Gasteiger partial charge in [-0.25, -0.2) is 14.6 Å². The Morgan fingerprint density at radius 1 is 1.15 bits per heavy atom. The van der Waals surface area contributed by atoms with Gasteiger partial charge in [-0.1, -0.05) is 12.1 Å². The Hall–Kier alpha value is -3.92. The van der Waals surface area contributed by atoms with Crippen LogP contribution in [0.3, 0.4) is 0 Å². The number of fused-ring (bicyclic) bond motifs is 2. The van der Waals surface area contributed by atoms with Gasteiger partial charge in [0, 0.05) is 29.9 Å². The second kappa shape index (κ2) is 7.59. The minimum absolute atomic E-state index is 0.276. The maximum absolute atomic E-state index is 10.7. The second-order valence-corrected chi connectivity index (χ2v) is 9.02. The Kier molecular flexibility index (Phi) is 4.82. The van der Waals surface area contributed by atoms with Crippen LogP contribution in [0.2, 0.25) is 0 Å². The molecule has 0 amide bonds. The van der Waals surface area contributed by atoms with Gasteiger partial charge in [0.05, 0.1) is 16.6 Å². The van der Waals surface area contributed by atoms with Crippen molar-refractivity contribution in [3.63, 3.8) is 0 Å². The van der Waals surface area contributed by atoms with Crippen molar-refractivity contribution in [1.82, 2.24) is 34.5 Å². The van der Waals surface area contributed by atoms with E-state index in [1.807, 2.05) is 48.1 Å². The van der Waals surface area contributed by atoms with Crippen molar-refractivity contribution in [2.45, 2.75) is 46.0 Å². The first-order valence-corrected chi connectivity index (χ1v) is 10.9. The minimum atomic E-state index is -0.925. The van der Waals surface area contributed by atoms with E-state index in [1.54, 1.807) is 4.68 Å². The third kappa shape index (κ3) is 3.68. The van der Waals surface area contributed by atoms with Crippen molar-refractivity contribution in [3.05, 3.63) is 48.5 Å². The Morgan fingerprint density at radius 3 is 2.70 bits per heavy atom. The predicted molar refractivity (Wildman–Crippen MR) is 129 cm³/mol. The first-order chi connectivity index (χ1) is 15.7. The Morgan fingerprint density at radius 2 is 1.97 bits per heavy atom. The number of nitrogens with two attached hydrogens (primary N) is 1. The number of nitrogen functional groups attached to an aromatic ring is 1. The topological polar surface area (TPSA) is 135 Å². The molecule has 5 N–H and O–H groups in total. The van der Waals surface area contributed by atoms with E-state index in [2.05, 4.69) is 46.1 Å². The van der Waals surface area contributed by atoms with Gasteiger partial charge in [0.15, 0.2) is 11.9 Å². The van der Waals surface area contributed by atoms with Crippen molar-refractivity contribution in [2.75, 3.05) is 11.1 Å². The molecular weight excluding hydrogens is 418 g/mol. The molecule has 0 bridgehead atoms. The van der Waals surface area contributed by atoms with Gasteiger partial charge in [-0.2, -0.15) is 10.2 Å². The summed E-state index contributed by atoms with van der Waals surface area (Å²) in [6, 6.07) is 9.72. The molecule has 1 atom stereocenters. The number of H-pyrrole nitrogens is 1. The maximum Gasteiger partial charge on any atom is 0.167 e. The van der Waals surface area contributed by atoms with Crippen molar-refractivity contribution in [3.8, 4) is 11.3 Å². The number of hydrogen-bond donors (Lipinski definition) is 4. The highest BCUT2D eigenvalue weighted by atomic mass is 16.3. The summed E-state index contributed by atoms with van der Waals surface area (Å²) in [6.45, 7) is 8.98. The zero-order valence-electron chi connectivity index (χ0n) is 19.0. The number of nitrogens with one attached hydrogen (secondary N) is 2. The van der Waals surface area contributed by atoms with Crippen LogP contribution in [0.1, 0.15) is 39.6 Å². The summed E-state index contributed by atoms with van der Waals surface area (Å²) in [5.74, 6) is 1.00. The highest BCUT2D eigenvalue weighted by Gasteiger charge is 2.24. The maximum atomic E-state index is 10.7. The van der Waals surface area contributed by atoms with Gasteiger partial charge in [0.2, 0.25) is 0 Å². The molecular formula is C23H27N9O. The monoisotopic (exact) mass is 445 g/mol. The van der Waals surface area contributed by atoms with E-state index in [4.69, 9.17) is 10.8 Å². The summed E-state index contributed by atoms with van der Waals surface area (Å²) in [5.41, 5.74) is 9.77. The average molecular weight is 446 g/mol. The molecule has 1 aromatic carbocycles. The third-order valence-corrected chi connectivity index (χ3v) is 5.59. The van der Waals surface area contributed by atoms with Crippen LogP contribution in [0.25, 0.3) is 33.2 Å². The molecule has 5 aromatic rings. The van der Waals surface area contributed by atoms with Gasteiger partial charge in [-0.15, -0.1) is 0 Å². The molecule has 10 nitrogen and oxygen atoms in total. The number of nitrogens with zero attached hydrogens (tertiary/aromatic N) is 6. The number of aliphatic hydroxyl groups is 1. The van der Waals surface area contributed by atoms with Crippen LogP contribution in [0, 0.1) is 0 Å². The van der Waals surface area contributed by atoms with Crippen LogP contribution < -0.4 is 11.1 Å². The molecule has 170 valence electrons. The summed E-state index contributed by atoms with van der Waals surface area (Å²) >= 11 is 0. The van der Waals surface area contributed by atoms with Crippen molar-refractivity contribution in [1.29, 1.82) is 0 Å². The standard InChI is InChI=1S/C23H27N9O/c1-5-31-9-8-17(29-31)28-22(33)16-10-13-6-7-14(11-15(13)27-16)19-18-20(24)25-12-26-21(18)32(30-19)23(2,3)4/h6-12,22,27,33H,5H2,1-4H3,(H,28,29)(H2,24,25,26). The van der Waals surface area contributed by atoms with Gasteiger partial charge in [-0.05, 0) is 45.2 Å². The second-order valence-electron chi connectivity index (χ2n) is 9.02. The number of benzene rings is 1. The molecule has 33 heavy (non-hydrogen) atoms. The van der Waals surface area contributed by atoms with Gasteiger partial charge in [-0.3, -0.25) is 4.68 Å². The van der Waals surface area contributed by atoms with Crippen LogP contribution in [-0.4, -0.2) is 39.6 Å². The first-order valence-electron chi connectivity index (χ1n) is 10.9. The molecule has 10 heteroatoms. The molecule has 4 aromatic heterocycles. The average Bonchev–Trinajstić information content (AvgIpc) is 3.49. The number of aromatic amines is 1. The van der Waals surface area contributed by atoms with Crippen LogP contribution in [0.15, 0.2) is 42.9 Å². The lowest BCUT2D eigenvalue weighted by Crippen LogP contribution is -2.23. The van der Waals surface area contributed by atoms with Gasteiger partial charge in [0.1, 0.15) is 23.7 Å². The summed E-state index contributed by atoms with van der Waals surface area (Å²) < 4.78 is 3.67. The molecule has 0 fully saturated rings. The number of aryl methyl sites for hydroxylation is 1. The molecule has 0 radical (unpaired) electrons. The summed E-state index contributed by atoms with van der Waals surface area (Å²) in [4.78, 5) is 11.9. The molecule has 0 aliphatic rings. The van der Waals surface area contributed by atoms with Crippen LogP contribution in [-0.2, 0) is 12.1 Å². The third-order valence-electron chi connectivity index (χ3n) is 5.59. The van der Waals surface area contributed by atoms with Crippen molar-refractivity contribution in [2.24, 2.45) is 0 Å². The Balaban J connectivity index is 1.54. The van der Waals surface area contributed by atoms with E-state index in [0.717, 1.165) is 34.1 Å². The van der Waals surface area contributed by atoms with Gasteiger partial charge < -0.3 is 21.1 Å². The first kappa shape index (κ1) is 21.0. The number of aliphatic hydroxyl groups excluding tert-OH is 1. The Bertz CT molecular complexity index is 1450. The predicted octanol–water partition coefficient (Wildman–Crippen LogP) is 3.63. The quantitative estimate of drug-likeness (QED) is 0.303. The molecule has 0 saturated carbocycles. The smallest absolute Gasteiger partial charge is 0.167 e. The lowest BCUT2D eigenvalue weighted by molar-refractivity contribution is 0.203. The lowest BCUT2D eigenvalue weighted by atomic mass is 10.1. The fraction of sp³-hybridized carbons (Fsp3) is 0.304. The summed E-state index contributed by atoms with van der Waals surface area (Å²) in [6.07, 6.45) is 2.40. The van der Waals surface area contributed by atoms with Crippen LogP contribution >= 0.6 is 0 Å². The Labute approximate surface area is 190 Å². The fourth-order valence-electron chi connectivity index (χ4n) is 3.92. The summed E-state index contributed by atoms with van der Waals surface area (Å²) in [7, 11) is 0. The number of anilines is 2. The van der Waals surface area contributed by atoms with E-state index in [1.165, 1.54) is 6.33 Å². The zero-order valence-corrected chi connectivity index (χ0v) is 19.0. The minimum Gasteiger partial charge on any atom is -0.383 e. The van der Waals surface area contributed by atoms with E-state index in [0.29, 0.717) is 23.0 Å². The molecule has 5 rings (SSSR count). The van der Waals surface area contributed by atoms with Crippen LogP contribution in [0.4, 0.5) is 11.6 Å². The van der Waals surface area contributed by atoms with E-state index in [9.17, 15) is 5.11 Å². The normalized spacial score (nSPS) is 13.1. The van der Waals surface area contributed by atoms with Crippen molar-refractivity contribution >= 4 is 33.6 Å². The highest BCUT2D eigenvalue weighted by Crippen LogP contribution is 2.34. The molecule has 4 heterocycles. The van der Waals surface area contributed by atoms with Gasteiger partial charge >= 0.3 is 0 Å². The SMILES string of the molecule is CCn1ccc(NC(O)c2cc3ccc(-c4nn(C(C)(C)C)c5ncnc(N)c45)cc3[nH]2)n1. The fourth-order valence-corrected chi connectivity index (χ4v) is 3.92.